The van der Waals surface area contributed by atoms with Gasteiger partial charge in [0.2, 0.25) is 0 Å². The van der Waals surface area contributed by atoms with E-state index in [1.54, 1.807) is 12.1 Å². The lowest BCUT2D eigenvalue weighted by Crippen LogP contribution is -2.37. The zero-order valence-corrected chi connectivity index (χ0v) is 11.9. The van der Waals surface area contributed by atoms with Gasteiger partial charge in [-0.25, -0.2) is 4.39 Å². The van der Waals surface area contributed by atoms with Gasteiger partial charge in [0.1, 0.15) is 5.82 Å². The third-order valence-electron chi connectivity index (χ3n) is 3.03. The molecule has 1 aromatic rings. The Morgan fingerprint density at radius 3 is 2.89 bits per heavy atom. The summed E-state index contributed by atoms with van der Waals surface area (Å²) in [6, 6.07) is 4.68. The Labute approximate surface area is 117 Å². The molecule has 0 spiro atoms. The summed E-state index contributed by atoms with van der Waals surface area (Å²) in [4.78, 5) is 2.44. The van der Waals surface area contributed by atoms with Crippen LogP contribution in [-0.4, -0.2) is 42.6 Å². The van der Waals surface area contributed by atoms with E-state index in [-0.39, 0.29) is 5.82 Å². The Hall–Kier alpha value is -0.290. The van der Waals surface area contributed by atoms with Gasteiger partial charge >= 0.3 is 0 Å². The van der Waals surface area contributed by atoms with E-state index < -0.39 is 0 Å². The summed E-state index contributed by atoms with van der Waals surface area (Å²) < 4.78 is 13.4. The molecule has 0 amide bonds. The number of hydrogen-bond acceptors (Lipinski definition) is 3. The van der Waals surface area contributed by atoms with E-state index in [0.29, 0.717) is 17.1 Å². The van der Waals surface area contributed by atoms with Gasteiger partial charge in [-0.15, -0.1) is 0 Å². The summed E-state index contributed by atoms with van der Waals surface area (Å²) in [6.07, 6.45) is 0. The summed E-state index contributed by atoms with van der Waals surface area (Å²) in [6.45, 7) is 4.78. The highest BCUT2D eigenvalue weighted by molar-refractivity contribution is 7.99. The monoisotopic (exact) mass is 288 g/mol. The number of hydrogen-bond donors (Lipinski definition) is 1. The summed E-state index contributed by atoms with van der Waals surface area (Å²) in [5.74, 6) is 2.26. The number of halogens is 2. The highest BCUT2D eigenvalue weighted by Gasteiger charge is 2.09. The van der Waals surface area contributed by atoms with Crippen molar-refractivity contribution < 1.29 is 4.39 Å². The number of rotatable bonds is 5. The molecule has 5 heteroatoms. The van der Waals surface area contributed by atoms with Crippen molar-refractivity contribution in [1.29, 1.82) is 0 Å². The summed E-state index contributed by atoms with van der Waals surface area (Å²) in [5.41, 5.74) is 0.636. The zero-order valence-electron chi connectivity index (χ0n) is 10.3. The van der Waals surface area contributed by atoms with Crippen molar-refractivity contribution in [2.75, 3.05) is 37.7 Å². The molecule has 1 N–H and O–H groups in total. The maximum Gasteiger partial charge on any atom is 0.127 e. The highest BCUT2D eigenvalue weighted by Crippen LogP contribution is 2.14. The minimum absolute atomic E-state index is 0.193. The molecule has 2 rings (SSSR count). The van der Waals surface area contributed by atoms with Crippen LogP contribution < -0.4 is 5.32 Å². The molecule has 2 nitrogen and oxygen atoms in total. The molecule has 1 aliphatic rings. The molecule has 0 unspecified atom stereocenters. The number of nitrogens with zero attached hydrogens (tertiary/aromatic N) is 1. The van der Waals surface area contributed by atoms with Crippen LogP contribution in [-0.2, 0) is 6.54 Å². The Morgan fingerprint density at radius 2 is 2.11 bits per heavy atom. The van der Waals surface area contributed by atoms with Crippen molar-refractivity contribution >= 4 is 23.4 Å². The molecule has 1 aliphatic heterocycles. The third kappa shape index (κ3) is 4.43. The largest absolute Gasteiger partial charge is 0.311 e. The van der Waals surface area contributed by atoms with E-state index in [1.165, 1.54) is 17.6 Å². The molecule has 18 heavy (non-hydrogen) atoms. The lowest BCUT2D eigenvalue weighted by atomic mass is 10.2. The quantitative estimate of drug-likeness (QED) is 0.839. The molecular weight excluding hydrogens is 271 g/mol. The van der Waals surface area contributed by atoms with E-state index in [1.807, 2.05) is 11.8 Å². The van der Waals surface area contributed by atoms with Gasteiger partial charge in [-0.3, -0.25) is 0 Å². The molecule has 0 saturated carbocycles. The van der Waals surface area contributed by atoms with Crippen LogP contribution in [0.5, 0.6) is 0 Å². The Kier molecular flexibility index (Phi) is 5.76. The first-order valence-electron chi connectivity index (χ1n) is 6.20. The van der Waals surface area contributed by atoms with Gasteiger partial charge in [-0.2, -0.15) is 11.8 Å². The van der Waals surface area contributed by atoms with E-state index in [9.17, 15) is 4.39 Å². The molecular formula is C13H18ClFN2S. The Balaban J connectivity index is 1.69. The van der Waals surface area contributed by atoms with Crippen LogP contribution in [0.15, 0.2) is 18.2 Å². The first kappa shape index (κ1) is 14.1. The van der Waals surface area contributed by atoms with Crippen LogP contribution in [0.25, 0.3) is 0 Å². The predicted molar refractivity (Wildman–Crippen MR) is 76.9 cm³/mol. The fourth-order valence-electron chi connectivity index (χ4n) is 1.96. The van der Waals surface area contributed by atoms with E-state index in [0.717, 1.165) is 26.2 Å². The maximum absolute atomic E-state index is 13.4. The van der Waals surface area contributed by atoms with E-state index in [4.69, 9.17) is 11.6 Å². The highest BCUT2D eigenvalue weighted by atomic mass is 35.5. The van der Waals surface area contributed by atoms with Gasteiger partial charge < -0.3 is 10.2 Å². The molecule has 100 valence electrons. The zero-order chi connectivity index (χ0) is 12.8. The second-order valence-electron chi connectivity index (χ2n) is 4.37. The van der Waals surface area contributed by atoms with Crippen molar-refractivity contribution in [2.24, 2.45) is 0 Å². The second-order valence-corrected chi connectivity index (χ2v) is 6.03. The van der Waals surface area contributed by atoms with Gasteiger partial charge in [0.25, 0.3) is 0 Å². The fraction of sp³-hybridized carbons (Fsp3) is 0.538. The molecule has 0 bridgehead atoms. The third-order valence-corrected chi connectivity index (χ3v) is 4.21. The summed E-state index contributed by atoms with van der Waals surface area (Å²) in [7, 11) is 0. The van der Waals surface area contributed by atoms with Crippen molar-refractivity contribution in [3.05, 3.63) is 34.6 Å². The predicted octanol–water partition coefficient (Wildman–Crippen LogP) is 2.62. The van der Waals surface area contributed by atoms with Crippen molar-refractivity contribution in [2.45, 2.75) is 6.54 Å². The SMILES string of the molecule is Fc1ccc(Cl)cc1CNCCN1CCSCC1. The average molecular weight is 289 g/mol. The fourth-order valence-corrected chi connectivity index (χ4v) is 3.14. The first-order chi connectivity index (χ1) is 8.75. The molecule has 0 atom stereocenters. The molecule has 1 heterocycles. The number of thioether (sulfide) groups is 1. The van der Waals surface area contributed by atoms with Gasteiger partial charge in [-0.1, -0.05) is 11.6 Å². The normalized spacial score (nSPS) is 17.0. The van der Waals surface area contributed by atoms with Gasteiger partial charge in [-0.05, 0) is 18.2 Å². The van der Waals surface area contributed by atoms with Crippen LogP contribution in [0.2, 0.25) is 5.02 Å². The van der Waals surface area contributed by atoms with E-state index >= 15 is 0 Å². The average Bonchev–Trinajstić information content (AvgIpc) is 2.40. The molecule has 1 aromatic carbocycles. The molecule has 0 aliphatic carbocycles. The van der Waals surface area contributed by atoms with Crippen molar-refractivity contribution in [3.63, 3.8) is 0 Å². The summed E-state index contributed by atoms with van der Waals surface area (Å²) in [5, 5.41) is 3.85. The van der Waals surface area contributed by atoms with E-state index in [2.05, 4.69) is 10.2 Å². The van der Waals surface area contributed by atoms with Crippen LogP contribution in [0.4, 0.5) is 4.39 Å². The van der Waals surface area contributed by atoms with Gasteiger partial charge in [0, 0.05) is 54.8 Å². The molecule has 0 aromatic heterocycles. The number of benzene rings is 1. The van der Waals surface area contributed by atoms with Crippen LogP contribution in [0.1, 0.15) is 5.56 Å². The Bertz CT molecular complexity index is 383. The van der Waals surface area contributed by atoms with Crippen molar-refractivity contribution in [1.82, 2.24) is 10.2 Å². The second kappa shape index (κ2) is 7.34. The van der Waals surface area contributed by atoms with Gasteiger partial charge in [0.15, 0.2) is 0 Å². The smallest absolute Gasteiger partial charge is 0.127 e. The number of nitrogens with one attached hydrogen (secondary N) is 1. The maximum atomic E-state index is 13.4. The lowest BCUT2D eigenvalue weighted by Gasteiger charge is -2.26. The first-order valence-corrected chi connectivity index (χ1v) is 7.74. The minimum atomic E-state index is -0.193. The topological polar surface area (TPSA) is 15.3 Å². The van der Waals surface area contributed by atoms with Gasteiger partial charge in [0.05, 0.1) is 0 Å². The Morgan fingerprint density at radius 1 is 1.33 bits per heavy atom. The van der Waals surface area contributed by atoms with Crippen LogP contribution >= 0.6 is 23.4 Å². The standard InChI is InChI=1S/C13H18ClFN2S/c14-12-1-2-13(15)11(9-12)10-16-3-4-17-5-7-18-8-6-17/h1-2,9,16H,3-8,10H2. The van der Waals surface area contributed by atoms with Crippen LogP contribution in [0, 0.1) is 5.82 Å². The minimum Gasteiger partial charge on any atom is -0.311 e. The molecule has 1 saturated heterocycles. The lowest BCUT2D eigenvalue weighted by molar-refractivity contribution is 0.301. The molecule has 1 fully saturated rings. The molecule has 0 radical (unpaired) electrons. The summed E-state index contributed by atoms with van der Waals surface area (Å²) >= 11 is 7.86. The van der Waals surface area contributed by atoms with Crippen LogP contribution in [0.3, 0.4) is 0 Å². The van der Waals surface area contributed by atoms with Crippen molar-refractivity contribution in [3.8, 4) is 0 Å².